The van der Waals surface area contributed by atoms with Crippen LogP contribution in [0.25, 0.3) is 0 Å². The minimum Gasteiger partial charge on any atom is -0.497 e. The number of para-hydroxylation sites is 1. The molecule has 0 amide bonds. The van der Waals surface area contributed by atoms with Crippen molar-refractivity contribution in [2.75, 3.05) is 26.7 Å². The number of hydrogen-bond acceptors (Lipinski definition) is 4. The Morgan fingerprint density at radius 2 is 1.79 bits per heavy atom. The van der Waals surface area contributed by atoms with Gasteiger partial charge in [-0.2, -0.15) is 0 Å². The Morgan fingerprint density at radius 3 is 2.41 bits per heavy atom. The highest BCUT2D eigenvalue weighted by Gasteiger charge is 2.10. The van der Waals surface area contributed by atoms with Crippen LogP contribution in [0.2, 0.25) is 0 Å². The van der Waals surface area contributed by atoms with Crippen LogP contribution in [0.15, 0.2) is 53.5 Å². The standard InChI is InChI=1S/C22H31N3O3.HI/c1-5-23-22(24-14-17(3)28-21-9-7-6-8-16(21)2)25-15-20(26)18-10-12-19(27-4)13-11-18;/h6-13,17,20,26H,5,14-15H2,1-4H3,(H2,23,24,25);1H. The molecule has 2 atom stereocenters. The highest BCUT2D eigenvalue weighted by molar-refractivity contribution is 14.0. The van der Waals surface area contributed by atoms with Crippen molar-refractivity contribution in [3.63, 3.8) is 0 Å². The Bertz CT molecular complexity index is 753. The third-order valence-electron chi connectivity index (χ3n) is 4.25. The largest absolute Gasteiger partial charge is 0.497 e. The molecule has 0 spiro atoms. The second kappa shape index (κ2) is 13.3. The van der Waals surface area contributed by atoms with Crippen LogP contribution in [0.4, 0.5) is 0 Å². The molecule has 0 saturated carbocycles. The van der Waals surface area contributed by atoms with Crippen molar-refractivity contribution >= 4 is 29.9 Å². The first-order chi connectivity index (χ1) is 13.5. The fourth-order valence-corrected chi connectivity index (χ4v) is 2.64. The van der Waals surface area contributed by atoms with Gasteiger partial charge in [0, 0.05) is 6.54 Å². The quantitative estimate of drug-likeness (QED) is 0.271. The Balaban J connectivity index is 0.00000420. The number of hydrogen-bond donors (Lipinski definition) is 3. The van der Waals surface area contributed by atoms with E-state index in [9.17, 15) is 5.11 Å². The van der Waals surface area contributed by atoms with Crippen molar-refractivity contribution in [2.24, 2.45) is 4.99 Å². The van der Waals surface area contributed by atoms with Crippen molar-refractivity contribution in [1.29, 1.82) is 0 Å². The van der Waals surface area contributed by atoms with Gasteiger partial charge in [-0.05, 0) is 50.1 Å². The molecule has 0 aliphatic heterocycles. The maximum Gasteiger partial charge on any atom is 0.191 e. The van der Waals surface area contributed by atoms with Crippen LogP contribution < -0.4 is 20.1 Å². The van der Waals surface area contributed by atoms with E-state index in [-0.39, 0.29) is 36.6 Å². The Hall–Kier alpha value is -2.00. The molecule has 2 aromatic rings. The molecule has 0 saturated heterocycles. The fraction of sp³-hybridized carbons (Fsp3) is 0.409. The molecule has 0 bridgehead atoms. The van der Waals surface area contributed by atoms with Gasteiger partial charge in [-0.3, -0.25) is 4.99 Å². The Morgan fingerprint density at radius 1 is 1.10 bits per heavy atom. The van der Waals surface area contributed by atoms with Gasteiger partial charge in [-0.25, -0.2) is 0 Å². The molecular formula is C22H32IN3O3. The number of aryl methyl sites for hydroxylation is 1. The van der Waals surface area contributed by atoms with Crippen LogP contribution in [0, 0.1) is 6.92 Å². The van der Waals surface area contributed by atoms with E-state index in [1.54, 1.807) is 7.11 Å². The minimum absolute atomic E-state index is 0. The molecule has 29 heavy (non-hydrogen) atoms. The zero-order chi connectivity index (χ0) is 20.4. The first-order valence-corrected chi connectivity index (χ1v) is 9.60. The summed E-state index contributed by atoms with van der Waals surface area (Å²) < 4.78 is 11.1. The molecule has 0 radical (unpaired) electrons. The number of methoxy groups -OCH3 is 1. The van der Waals surface area contributed by atoms with E-state index in [4.69, 9.17) is 9.47 Å². The van der Waals surface area contributed by atoms with Gasteiger partial charge in [-0.15, -0.1) is 24.0 Å². The number of aliphatic hydroxyl groups excluding tert-OH is 1. The van der Waals surface area contributed by atoms with Crippen molar-refractivity contribution in [3.05, 3.63) is 59.7 Å². The summed E-state index contributed by atoms with van der Waals surface area (Å²) in [5.74, 6) is 2.29. The second-order valence-corrected chi connectivity index (χ2v) is 6.58. The minimum atomic E-state index is -0.679. The smallest absolute Gasteiger partial charge is 0.191 e. The second-order valence-electron chi connectivity index (χ2n) is 6.58. The first-order valence-electron chi connectivity index (χ1n) is 9.60. The molecule has 0 heterocycles. The zero-order valence-electron chi connectivity index (χ0n) is 17.5. The summed E-state index contributed by atoms with van der Waals surface area (Å²) in [6, 6.07) is 15.3. The van der Waals surface area contributed by atoms with E-state index >= 15 is 0 Å². The number of halogens is 1. The van der Waals surface area contributed by atoms with Crippen LogP contribution in [-0.2, 0) is 0 Å². The third-order valence-corrected chi connectivity index (χ3v) is 4.25. The SMILES string of the molecule is CCNC(=NCC(O)c1ccc(OC)cc1)NCC(C)Oc1ccccc1C.I. The van der Waals surface area contributed by atoms with Gasteiger partial charge < -0.3 is 25.2 Å². The number of nitrogens with one attached hydrogen (secondary N) is 2. The van der Waals surface area contributed by atoms with Crippen molar-refractivity contribution in [1.82, 2.24) is 10.6 Å². The lowest BCUT2D eigenvalue weighted by Gasteiger charge is -2.19. The number of nitrogens with zero attached hydrogens (tertiary/aromatic N) is 1. The summed E-state index contributed by atoms with van der Waals surface area (Å²) in [6.45, 7) is 7.63. The van der Waals surface area contributed by atoms with Crippen LogP contribution in [0.5, 0.6) is 11.5 Å². The lowest BCUT2D eigenvalue weighted by Crippen LogP contribution is -2.42. The number of ether oxygens (including phenoxy) is 2. The third kappa shape index (κ3) is 8.49. The number of aliphatic imine (C=N–C) groups is 1. The number of guanidine groups is 1. The lowest BCUT2D eigenvalue weighted by atomic mass is 10.1. The van der Waals surface area contributed by atoms with Crippen molar-refractivity contribution < 1.29 is 14.6 Å². The molecule has 0 fully saturated rings. The van der Waals surface area contributed by atoms with Gasteiger partial charge in [0.1, 0.15) is 17.6 Å². The van der Waals surface area contributed by atoms with Gasteiger partial charge in [0.05, 0.1) is 26.3 Å². The first kappa shape index (κ1) is 25.0. The summed E-state index contributed by atoms with van der Waals surface area (Å²) in [6.07, 6.45) is -0.710. The maximum atomic E-state index is 10.4. The van der Waals surface area contributed by atoms with Crippen molar-refractivity contribution in [3.8, 4) is 11.5 Å². The molecule has 7 heteroatoms. The molecular weight excluding hydrogens is 481 g/mol. The maximum absolute atomic E-state index is 10.4. The average Bonchev–Trinajstić information content (AvgIpc) is 2.71. The van der Waals surface area contributed by atoms with Gasteiger partial charge in [0.25, 0.3) is 0 Å². The predicted octanol–water partition coefficient (Wildman–Crippen LogP) is 3.68. The highest BCUT2D eigenvalue weighted by Crippen LogP contribution is 2.18. The molecule has 3 N–H and O–H groups in total. The summed E-state index contributed by atoms with van der Waals surface area (Å²) in [5.41, 5.74) is 1.91. The number of rotatable bonds is 9. The van der Waals surface area contributed by atoms with E-state index in [0.29, 0.717) is 12.5 Å². The Labute approximate surface area is 190 Å². The molecule has 6 nitrogen and oxygen atoms in total. The number of aliphatic hydroxyl groups is 1. The molecule has 160 valence electrons. The lowest BCUT2D eigenvalue weighted by molar-refractivity contribution is 0.187. The topological polar surface area (TPSA) is 75.1 Å². The van der Waals surface area contributed by atoms with Gasteiger partial charge in [0.15, 0.2) is 5.96 Å². The van der Waals surface area contributed by atoms with E-state index in [2.05, 4.69) is 15.6 Å². The summed E-state index contributed by atoms with van der Waals surface area (Å²) in [5, 5.41) is 16.8. The Kier molecular flexibility index (Phi) is 11.5. The van der Waals surface area contributed by atoms with Gasteiger partial charge >= 0.3 is 0 Å². The van der Waals surface area contributed by atoms with Crippen LogP contribution in [-0.4, -0.2) is 43.9 Å². The van der Waals surface area contributed by atoms with Crippen LogP contribution in [0.1, 0.15) is 31.1 Å². The van der Waals surface area contributed by atoms with Crippen LogP contribution >= 0.6 is 24.0 Å². The summed E-state index contributed by atoms with van der Waals surface area (Å²) in [7, 11) is 1.62. The van der Waals surface area contributed by atoms with Crippen LogP contribution in [0.3, 0.4) is 0 Å². The molecule has 0 aliphatic rings. The van der Waals surface area contributed by atoms with Crippen molar-refractivity contribution in [2.45, 2.75) is 33.0 Å². The average molecular weight is 513 g/mol. The van der Waals surface area contributed by atoms with Gasteiger partial charge in [-0.1, -0.05) is 30.3 Å². The zero-order valence-corrected chi connectivity index (χ0v) is 19.8. The van der Waals surface area contributed by atoms with E-state index in [0.717, 1.165) is 29.2 Å². The summed E-state index contributed by atoms with van der Waals surface area (Å²) in [4.78, 5) is 4.49. The predicted molar refractivity (Wildman–Crippen MR) is 129 cm³/mol. The number of benzene rings is 2. The molecule has 0 aromatic heterocycles. The molecule has 2 rings (SSSR count). The molecule has 2 unspecified atom stereocenters. The van der Waals surface area contributed by atoms with Gasteiger partial charge in [0.2, 0.25) is 0 Å². The normalized spacial score (nSPS) is 13.1. The monoisotopic (exact) mass is 513 g/mol. The fourth-order valence-electron chi connectivity index (χ4n) is 2.64. The van der Waals surface area contributed by atoms with E-state index in [1.165, 1.54) is 0 Å². The van der Waals surface area contributed by atoms with E-state index in [1.807, 2.05) is 69.3 Å². The summed E-state index contributed by atoms with van der Waals surface area (Å²) >= 11 is 0. The highest BCUT2D eigenvalue weighted by atomic mass is 127. The van der Waals surface area contributed by atoms with E-state index < -0.39 is 6.10 Å². The molecule has 0 aliphatic carbocycles. The molecule has 2 aromatic carbocycles.